The minimum atomic E-state index is 0.370. The van der Waals surface area contributed by atoms with Crippen LogP contribution in [0.25, 0.3) is 10.8 Å². The molecule has 0 saturated carbocycles. The van der Waals surface area contributed by atoms with Gasteiger partial charge in [-0.05, 0) is 35.4 Å². The van der Waals surface area contributed by atoms with Crippen LogP contribution in [0.4, 0.5) is 5.69 Å². The fraction of sp³-hybridized carbons (Fsp3) is 0.353. The summed E-state index contributed by atoms with van der Waals surface area (Å²) < 4.78 is 0. The van der Waals surface area contributed by atoms with Crippen LogP contribution in [0, 0.1) is 6.92 Å². The van der Waals surface area contributed by atoms with Gasteiger partial charge in [0.05, 0.1) is 0 Å². The quantitative estimate of drug-likeness (QED) is 0.777. The van der Waals surface area contributed by atoms with Gasteiger partial charge in [-0.25, -0.2) is 0 Å². The summed E-state index contributed by atoms with van der Waals surface area (Å²) in [6.07, 6.45) is 2.19. The van der Waals surface area contributed by atoms with Gasteiger partial charge in [0, 0.05) is 38.0 Å². The normalized spacial score (nSPS) is 14.6. The van der Waals surface area contributed by atoms with Crippen LogP contribution >= 0.6 is 0 Å². The largest absolute Gasteiger partial charge is 0.377 e. The first-order chi connectivity index (χ1) is 9.09. The predicted octanol–water partition coefficient (Wildman–Crippen LogP) is 3.27. The van der Waals surface area contributed by atoms with Crippen molar-refractivity contribution in [3.05, 3.63) is 41.0 Å². The lowest BCUT2D eigenvalue weighted by atomic mass is 9.83. The summed E-state index contributed by atoms with van der Waals surface area (Å²) in [5.41, 5.74) is 5.28. The van der Waals surface area contributed by atoms with Crippen molar-refractivity contribution in [3.8, 4) is 0 Å². The monoisotopic (exact) mass is 253 g/mol. The number of hydrogen-bond donors (Lipinski definition) is 0. The van der Waals surface area contributed by atoms with Gasteiger partial charge in [0.2, 0.25) is 0 Å². The molecule has 2 nitrogen and oxygen atoms in total. The summed E-state index contributed by atoms with van der Waals surface area (Å²) in [6, 6.07) is 8.46. The molecule has 98 valence electrons. The molecule has 0 heterocycles. The maximum absolute atomic E-state index is 11.8. The van der Waals surface area contributed by atoms with Gasteiger partial charge < -0.3 is 4.90 Å². The van der Waals surface area contributed by atoms with Crippen LogP contribution in [0.3, 0.4) is 0 Å². The van der Waals surface area contributed by atoms with Crippen molar-refractivity contribution in [2.45, 2.75) is 26.2 Å². The number of rotatable bonds is 1. The highest BCUT2D eigenvalue weighted by Crippen LogP contribution is 2.38. The smallest absolute Gasteiger partial charge is 0.137 e. The van der Waals surface area contributed by atoms with Crippen LogP contribution in [0.2, 0.25) is 0 Å². The van der Waals surface area contributed by atoms with Gasteiger partial charge >= 0.3 is 0 Å². The van der Waals surface area contributed by atoms with Gasteiger partial charge in [-0.2, -0.15) is 0 Å². The molecule has 0 fully saturated rings. The molecule has 0 amide bonds. The zero-order valence-corrected chi connectivity index (χ0v) is 11.8. The molecule has 2 heteroatoms. The molecule has 1 aliphatic rings. The molecule has 0 unspecified atom stereocenters. The summed E-state index contributed by atoms with van der Waals surface area (Å²) in [5, 5.41) is 2.51. The fourth-order valence-electron chi connectivity index (χ4n) is 3.35. The molecular formula is C17H19NO. The Morgan fingerprint density at radius 3 is 2.37 bits per heavy atom. The van der Waals surface area contributed by atoms with Gasteiger partial charge in [-0.3, -0.25) is 4.79 Å². The van der Waals surface area contributed by atoms with Crippen LogP contribution in [0.15, 0.2) is 24.3 Å². The molecule has 0 saturated heterocycles. The Kier molecular flexibility index (Phi) is 2.81. The maximum Gasteiger partial charge on any atom is 0.137 e. The molecule has 0 bridgehead atoms. The van der Waals surface area contributed by atoms with Crippen LogP contribution in [-0.4, -0.2) is 19.9 Å². The Morgan fingerprint density at radius 2 is 1.68 bits per heavy atom. The van der Waals surface area contributed by atoms with Gasteiger partial charge in [0.25, 0.3) is 0 Å². The number of hydrogen-bond acceptors (Lipinski definition) is 2. The van der Waals surface area contributed by atoms with Gasteiger partial charge in [0.15, 0.2) is 0 Å². The number of carbonyl (C=O) groups is 1. The summed E-state index contributed by atoms with van der Waals surface area (Å²) in [7, 11) is 4.18. The third-order valence-electron chi connectivity index (χ3n) is 4.15. The Morgan fingerprint density at radius 1 is 1.00 bits per heavy atom. The van der Waals surface area contributed by atoms with Crippen molar-refractivity contribution >= 4 is 22.2 Å². The van der Waals surface area contributed by atoms with E-state index in [0.29, 0.717) is 18.6 Å². The zero-order valence-electron chi connectivity index (χ0n) is 11.8. The molecule has 0 N–H and O–H groups in total. The van der Waals surface area contributed by atoms with E-state index in [1.807, 2.05) is 0 Å². The summed E-state index contributed by atoms with van der Waals surface area (Å²) in [5.74, 6) is 0.370. The van der Waals surface area contributed by atoms with E-state index in [4.69, 9.17) is 0 Å². The fourth-order valence-corrected chi connectivity index (χ4v) is 3.35. The Labute approximate surface area is 114 Å². The second kappa shape index (κ2) is 4.37. The first-order valence-corrected chi connectivity index (χ1v) is 6.81. The van der Waals surface area contributed by atoms with Crippen molar-refractivity contribution in [2.24, 2.45) is 0 Å². The third kappa shape index (κ3) is 1.83. The molecule has 0 spiro atoms. The first-order valence-electron chi connectivity index (χ1n) is 6.81. The number of Topliss-reactive ketones (excluding diaryl/α,β-unsaturated/α-hetero) is 1. The second-order valence-electron chi connectivity index (χ2n) is 5.59. The van der Waals surface area contributed by atoms with Crippen molar-refractivity contribution in [1.82, 2.24) is 0 Å². The standard InChI is InChI=1S/C17H19NO/c1-11-13-9-8-12(19)10-16(13)14-6-4-5-7-15(14)17(11)18(2)3/h4-7H,8-10H2,1-3H3. The van der Waals surface area contributed by atoms with Crippen LogP contribution in [0.1, 0.15) is 23.1 Å². The molecule has 2 aromatic carbocycles. The Hall–Kier alpha value is -1.83. The van der Waals surface area contributed by atoms with E-state index in [1.165, 1.54) is 33.2 Å². The predicted molar refractivity (Wildman–Crippen MR) is 80.0 cm³/mol. The van der Waals surface area contributed by atoms with Gasteiger partial charge in [0.1, 0.15) is 5.78 Å². The summed E-state index contributed by atoms with van der Waals surface area (Å²) in [6.45, 7) is 2.19. The van der Waals surface area contributed by atoms with E-state index in [2.05, 4.69) is 50.2 Å². The Balaban J connectivity index is 2.42. The highest BCUT2D eigenvalue weighted by atomic mass is 16.1. The topological polar surface area (TPSA) is 20.3 Å². The van der Waals surface area contributed by atoms with Crippen molar-refractivity contribution < 1.29 is 4.79 Å². The third-order valence-corrected chi connectivity index (χ3v) is 4.15. The summed E-state index contributed by atoms with van der Waals surface area (Å²) in [4.78, 5) is 14.0. The highest BCUT2D eigenvalue weighted by Gasteiger charge is 2.23. The van der Waals surface area contributed by atoms with Crippen molar-refractivity contribution in [1.29, 1.82) is 0 Å². The minimum absolute atomic E-state index is 0.370. The highest BCUT2D eigenvalue weighted by molar-refractivity contribution is 6.02. The maximum atomic E-state index is 11.8. The average molecular weight is 253 g/mol. The van der Waals surface area contributed by atoms with Crippen molar-refractivity contribution in [3.63, 3.8) is 0 Å². The minimum Gasteiger partial charge on any atom is -0.377 e. The summed E-state index contributed by atoms with van der Waals surface area (Å²) >= 11 is 0. The number of nitrogens with zero attached hydrogens (tertiary/aromatic N) is 1. The van der Waals surface area contributed by atoms with E-state index in [1.54, 1.807) is 0 Å². The van der Waals surface area contributed by atoms with Crippen LogP contribution < -0.4 is 4.90 Å². The molecular weight excluding hydrogens is 234 g/mol. The number of benzene rings is 2. The molecule has 0 atom stereocenters. The average Bonchev–Trinajstić information content (AvgIpc) is 2.38. The van der Waals surface area contributed by atoms with E-state index in [9.17, 15) is 4.79 Å². The zero-order chi connectivity index (χ0) is 13.6. The molecule has 0 radical (unpaired) electrons. The number of ketones is 1. The molecule has 19 heavy (non-hydrogen) atoms. The van der Waals surface area contributed by atoms with E-state index >= 15 is 0 Å². The molecule has 3 rings (SSSR count). The second-order valence-corrected chi connectivity index (χ2v) is 5.59. The SMILES string of the molecule is Cc1c2c(c3ccccc3c1N(C)C)CC(=O)CC2. The number of anilines is 1. The lowest BCUT2D eigenvalue weighted by molar-refractivity contribution is -0.118. The number of fused-ring (bicyclic) bond motifs is 3. The van der Waals surface area contributed by atoms with Gasteiger partial charge in [-0.15, -0.1) is 0 Å². The Bertz CT molecular complexity index is 671. The number of carbonyl (C=O) groups excluding carboxylic acids is 1. The van der Waals surface area contributed by atoms with E-state index in [-0.39, 0.29) is 0 Å². The molecule has 0 aliphatic heterocycles. The molecule has 1 aliphatic carbocycles. The van der Waals surface area contributed by atoms with Gasteiger partial charge in [-0.1, -0.05) is 24.3 Å². The van der Waals surface area contributed by atoms with Crippen molar-refractivity contribution in [2.75, 3.05) is 19.0 Å². The van der Waals surface area contributed by atoms with E-state index in [0.717, 1.165) is 6.42 Å². The lowest BCUT2D eigenvalue weighted by Gasteiger charge is -2.26. The molecule has 0 aromatic heterocycles. The molecule has 2 aromatic rings. The first kappa shape index (κ1) is 12.2. The van der Waals surface area contributed by atoms with Crippen LogP contribution in [-0.2, 0) is 17.6 Å². The van der Waals surface area contributed by atoms with Crippen LogP contribution in [0.5, 0.6) is 0 Å². The van der Waals surface area contributed by atoms with E-state index < -0.39 is 0 Å². The lowest BCUT2D eigenvalue weighted by Crippen LogP contribution is -2.18.